The Morgan fingerprint density at radius 1 is 0.366 bits per heavy atom. The average Bonchev–Trinajstić information content (AvgIpc) is 4.12. The minimum Gasteiger partial charge on any atom is -0.309 e. The molecule has 0 fully saturated rings. The molecule has 0 atom stereocenters. The van der Waals surface area contributed by atoms with Crippen molar-refractivity contribution in [3.8, 4) is 33.9 Å². The van der Waals surface area contributed by atoms with Crippen molar-refractivity contribution in [1.29, 1.82) is 0 Å². The van der Waals surface area contributed by atoms with Crippen molar-refractivity contribution < 1.29 is 13.2 Å². The van der Waals surface area contributed by atoms with E-state index in [0.29, 0.717) is 28.1 Å². The standard InChI is InChI=1S/C63H38F3N5/c1-38-31-39(33-40(32-38)63(64,65)66)49-36-61(70-57-25-13-7-19-47(57)50-34-41(27-29-59(50)70)68-53-21-9-3-15-43(53)44-16-4-10-22-54(44)68)62(37-52(49)67-2)71-58-26-14-8-20-48(58)51-35-42(28-30-60(51)71)69-55-23-11-5-17-45(55)46-18-6-12-24-56(46)69/h3-37H,1H3. The fraction of sp³-hybridized carbons (Fsp3) is 0.0317. The summed E-state index contributed by atoms with van der Waals surface area (Å²) in [6.07, 6.45) is -4.58. The van der Waals surface area contributed by atoms with Crippen LogP contribution in [0.4, 0.5) is 18.9 Å². The maximum Gasteiger partial charge on any atom is 0.416 e. The zero-order chi connectivity index (χ0) is 47.7. The molecule has 14 rings (SSSR count). The number of hydrogen-bond donors (Lipinski definition) is 0. The van der Waals surface area contributed by atoms with E-state index in [-0.39, 0.29) is 5.69 Å². The van der Waals surface area contributed by atoms with Crippen LogP contribution in [-0.4, -0.2) is 18.3 Å². The summed E-state index contributed by atoms with van der Waals surface area (Å²) >= 11 is 0. The van der Waals surface area contributed by atoms with E-state index in [1.165, 1.54) is 27.6 Å². The third kappa shape index (κ3) is 6.00. The summed E-state index contributed by atoms with van der Waals surface area (Å²) in [7, 11) is 0. The van der Waals surface area contributed by atoms with Gasteiger partial charge in [0.05, 0.1) is 67.6 Å². The van der Waals surface area contributed by atoms with Crippen LogP contribution in [-0.2, 0) is 6.18 Å². The van der Waals surface area contributed by atoms with Crippen molar-refractivity contribution >= 4 is 92.9 Å². The van der Waals surface area contributed by atoms with Crippen LogP contribution in [0.3, 0.4) is 0 Å². The van der Waals surface area contributed by atoms with E-state index in [2.05, 4.69) is 181 Å². The van der Waals surface area contributed by atoms with Crippen LogP contribution < -0.4 is 0 Å². The first kappa shape index (κ1) is 40.7. The molecule has 4 aromatic heterocycles. The third-order valence-electron chi connectivity index (χ3n) is 14.4. The van der Waals surface area contributed by atoms with Crippen LogP contribution in [0.1, 0.15) is 11.1 Å². The fourth-order valence-electron chi connectivity index (χ4n) is 11.5. The SMILES string of the molecule is [C-]#[N+]c1cc(-n2c3ccccc3c3cc(-n4c5ccccc5c5ccccc54)ccc32)c(-n2c3ccccc3c3cc(-n4c5ccccc5c5ccccc54)ccc32)cc1-c1cc(C)cc(C(F)(F)F)c1. The minimum atomic E-state index is -4.58. The Morgan fingerprint density at radius 2 is 0.718 bits per heavy atom. The molecule has 0 radical (unpaired) electrons. The van der Waals surface area contributed by atoms with Gasteiger partial charge >= 0.3 is 6.18 Å². The van der Waals surface area contributed by atoms with Gasteiger partial charge in [0.2, 0.25) is 0 Å². The molecule has 5 nitrogen and oxygen atoms in total. The van der Waals surface area contributed by atoms with Gasteiger partial charge in [0.25, 0.3) is 0 Å². The highest BCUT2D eigenvalue weighted by Crippen LogP contribution is 2.46. The second-order valence-electron chi connectivity index (χ2n) is 18.4. The summed E-state index contributed by atoms with van der Waals surface area (Å²) in [6.45, 7) is 10.3. The zero-order valence-electron chi connectivity index (χ0n) is 38.1. The Morgan fingerprint density at radius 3 is 1.11 bits per heavy atom. The Hall–Kier alpha value is -9.32. The second kappa shape index (κ2) is 15.1. The third-order valence-corrected chi connectivity index (χ3v) is 14.4. The molecule has 71 heavy (non-hydrogen) atoms. The van der Waals surface area contributed by atoms with Gasteiger partial charge in [0.1, 0.15) is 0 Å². The predicted molar refractivity (Wildman–Crippen MR) is 285 cm³/mol. The second-order valence-corrected chi connectivity index (χ2v) is 18.4. The first-order chi connectivity index (χ1) is 34.7. The molecule has 336 valence electrons. The van der Waals surface area contributed by atoms with Gasteiger partial charge in [-0.25, -0.2) is 4.85 Å². The first-order valence-electron chi connectivity index (χ1n) is 23.5. The lowest BCUT2D eigenvalue weighted by Crippen LogP contribution is -2.06. The number of hydrogen-bond acceptors (Lipinski definition) is 0. The minimum absolute atomic E-state index is 0.240. The molecule has 0 bridgehead atoms. The van der Waals surface area contributed by atoms with Gasteiger partial charge in [-0.05, 0) is 121 Å². The quantitative estimate of drug-likeness (QED) is 0.154. The number of para-hydroxylation sites is 6. The number of halogens is 3. The van der Waals surface area contributed by atoms with Gasteiger partial charge in [-0.3, -0.25) is 0 Å². The predicted octanol–water partition coefficient (Wildman–Crippen LogP) is 17.6. The molecule has 0 saturated carbocycles. The molecular formula is C63H38F3N5. The molecule has 8 heteroatoms. The Bertz CT molecular complexity index is 4500. The summed E-state index contributed by atoms with van der Waals surface area (Å²) < 4.78 is 52.7. The molecule has 0 aliphatic carbocycles. The van der Waals surface area contributed by atoms with Crippen molar-refractivity contribution in [2.24, 2.45) is 0 Å². The molecule has 14 aromatic rings. The van der Waals surface area contributed by atoms with Crippen molar-refractivity contribution in [2.75, 3.05) is 0 Å². The smallest absolute Gasteiger partial charge is 0.309 e. The summed E-state index contributed by atoms with van der Waals surface area (Å²) in [5, 5.41) is 8.75. The maximum atomic E-state index is 14.6. The highest BCUT2D eigenvalue weighted by Gasteiger charge is 2.32. The molecule has 0 saturated heterocycles. The van der Waals surface area contributed by atoms with Crippen LogP contribution in [0.25, 0.3) is 126 Å². The zero-order valence-corrected chi connectivity index (χ0v) is 38.1. The summed E-state index contributed by atoms with van der Waals surface area (Å²) in [5.41, 5.74) is 12.2. The first-order valence-corrected chi connectivity index (χ1v) is 23.5. The molecule has 0 spiro atoms. The molecule has 0 aliphatic heterocycles. The lowest BCUT2D eigenvalue weighted by atomic mass is 9.97. The van der Waals surface area contributed by atoms with E-state index in [1.54, 1.807) is 13.0 Å². The Labute approximate surface area is 404 Å². The lowest BCUT2D eigenvalue weighted by Gasteiger charge is -2.20. The highest BCUT2D eigenvalue weighted by molar-refractivity contribution is 6.15. The topological polar surface area (TPSA) is 24.1 Å². The number of aryl methyl sites for hydroxylation is 1. The van der Waals surface area contributed by atoms with Crippen LogP contribution in [0.2, 0.25) is 0 Å². The van der Waals surface area contributed by atoms with Gasteiger partial charge in [-0.15, -0.1) is 0 Å². The van der Waals surface area contributed by atoms with Gasteiger partial charge in [-0.1, -0.05) is 115 Å². The average molecular weight is 922 g/mol. The summed E-state index contributed by atoms with van der Waals surface area (Å²) in [6, 6.07) is 71.4. The van der Waals surface area contributed by atoms with Gasteiger partial charge in [-0.2, -0.15) is 13.2 Å². The van der Waals surface area contributed by atoms with Crippen LogP contribution in [0, 0.1) is 13.5 Å². The van der Waals surface area contributed by atoms with E-state index in [4.69, 9.17) is 6.57 Å². The van der Waals surface area contributed by atoms with Crippen molar-refractivity contribution in [1.82, 2.24) is 18.3 Å². The van der Waals surface area contributed by atoms with Crippen LogP contribution in [0.15, 0.2) is 212 Å². The van der Waals surface area contributed by atoms with Gasteiger partial charge < -0.3 is 18.3 Å². The molecule has 0 aliphatic rings. The van der Waals surface area contributed by atoms with E-state index in [1.807, 2.05) is 36.4 Å². The van der Waals surface area contributed by atoms with Gasteiger partial charge in [0.15, 0.2) is 5.69 Å². The maximum absolute atomic E-state index is 14.6. The summed E-state index contributed by atoms with van der Waals surface area (Å²) in [5.74, 6) is 0. The normalized spacial score (nSPS) is 12.2. The van der Waals surface area contributed by atoms with Crippen molar-refractivity contribution in [3.63, 3.8) is 0 Å². The van der Waals surface area contributed by atoms with Crippen LogP contribution in [0.5, 0.6) is 0 Å². The number of rotatable bonds is 5. The number of alkyl halides is 3. The van der Waals surface area contributed by atoms with Gasteiger partial charge in [0, 0.05) is 54.5 Å². The molecule has 0 unspecified atom stereocenters. The number of fused-ring (bicyclic) bond motifs is 12. The number of nitrogens with zero attached hydrogens (tertiary/aromatic N) is 5. The van der Waals surface area contributed by atoms with E-state index >= 15 is 0 Å². The van der Waals surface area contributed by atoms with E-state index < -0.39 is 11.7 Å². The Kier molecular flexibility index (Phi) is 8.65. The molecular weight excluding hydrogens is 884 g/mol. The Balaban J connectivity index is 1.08. The van der Waals surface area contributed by atoms with Crippen LogP contribution >= 0.6 is 0 Å². The molecule has 0 amide bonds. The number of benzene rings is 10. The lowest BCUT2D eigenvalue weighted by molar-refractivity contribution is -0.137. The van der Waals surface area contributed by atoms with Crippen molar-refractivity contribution in [2.45, 2.75) is 13.1 Å². The van der Waals surface area contributed by atoms with Crippen molar-refractivity contribution in [3.05, 3.63) is 235 Å². The largest absolute Gasteiger partial charge is 0.416 e. The molecule has 4 heterocycles. The van der Waals surface area contributed by atoms with E-state index in [9.17, 15) is 13.2 Å². The highest BCUT2D eigenvalue weighted by atomic mass is 19.4. The number of aromatic nitrogens is 4. The molecule has 10 aromatic carbocycles. The van der Waals surface area contributed by atoms with E-state index in [0.717, 1.165) is 83.1 Å². The molecule has 0 N–H and O–H groups in total. The fourth-order valence-corrected chi connectivity index (χ4v) is 11.5. The monoisotopic (exact) mass is 921 g/mol. The summed E-state index contributed by atoms with van der Waals surface area (Å²) in [4.78, 5) is 4.08.